The molecule has 1 heterocycles. The summed E-state index contributed by atoms with van der Waals surface area (Å²) >= 11 is 0. The second-order valence-electron chi connectivity index (χ2n) is 4.60. The average molecular weight is 219 g/mol. The van der Waals surface area contributed by atoms with Crippen LogP contribution in [0.15, 0.2) is 30.3 Å². The van der Waals surface area contributed by atoms with Gasteiger partial charge in [0.1, 0.15) is 0 Å². The largest absolute Gasteiger partial charge is 0.381 e. The highest BCUT2D eigenvalue weighted by molar-refractivity contribution is 5.17. The van der Waals surface area contributed by atoms with Crippen LogP contribution in [0.1, 0.15) is 31.4 Å². The van der Waals surface area contributed by atoms with Gasteiger partial charge in [0.25, 0.3) is 0 Å². The molecule has 1 aliphatic rings. The van der Waals surface area contributed by atoms with Crippen molar-refractivity contribution >= 4 is 0 Å². The zero-order valence-corrected chi connectivity index (χ0v) is 9.99. The fourth-order valence-electron chi connectivity index (χ4n) is 2.15. The first-order valence-electron chi connectivity index (χ1n) is 6.22. The van der Waals surface area contributed by atoms with E-state index in [0.29, 0.717) is 6.04 Å². The van der Waals surface area contributed by atoms with Gasteiger partial charge < -0.3 is 10.1 Å². The summed E-state index contributed by atoms with van der Waals surface area (Å²) in [6, 6.07) is 11.1. The first-order chi connectivity index (χ1) is 7.86. The molecule has 88 valence electrons. The van der Waals surface area contributed by atoms with Gasteiger partial charge in [-0.05, 0) is 37.8 Å². The Labute approximate surface area is 98.0 Å². The molecule has 2 nitrogen and oxygen atoms in total. The maximum absolute atomic E-state index is 5.36. The van der Waals surface area contributed by atoms with Crippen LogP contribution in [0.3, 0.4) is 0 Å². The van der Waals surface area contributed by atoms with Gasteiger partial charge in [0.15, 0.2) is 0 Å². The molecule has 2 rings (SSSR count). The minimum Gasteiger partial charge on any atom is -0.381 e. The number of rotatable bonds is 4. The molecule has 0 aromatic heterocycles. The van der Waals surface area contributed by atoms with Gasteiger partial charge >= 0.3 is 0 Å². The number of ether oxygens (including phenoxy) is 1. The van der Waals surface area contributed by atoms with Crippen molar-refractivity contribution in [2.45, 2.75) is 25.8 Å². The Hall–Kier alpha value is -0.860. The molecule has 1 N–H and O–H groups in total. The fraction of sp³-hybridized carbons (Fsp3) is 0.571. The molecular weight excluding hydrogens is 198 g/mol. The van der Waals surface area contributed by atoms with Crippen molar-refractivity contribution in [2.75, 3.05) is 19.8 Å². The molecule has 0 aliphatic carbocycles. The predicted molar refractivity (Wildman–Crippen MR) is 66.4 cm³/mol. The number of hydrogen-bond donors (Lipinski definition) is 1. The van der Waals surface area contributed by atoms with Crippen LogP contribution in [-0.4, -0.2) is 19.8 Å². The summed E-state index contributed by atoms with van der Waals surface area (Å²) in [4.78, 5) is 0. The SMILES string of the molecule is C[C@@H](NCC1CCOCC1)c1ccccc1. The van der Waals surface area contributed by atoms with E-state index in [4.69, 9.17) is 4.74 Å². The van der Waals surface area contributed by atoms with Crippen molar-refractivity contribution < 1.29 is 4.74 Å². The standard InChI is InChI=1S/C14H21NO/c1-12(14-5-3-2-4-6-14)15-11-13-7-9-16-10-8-13/h2-6,12-13,15H,7-11H2,1H3/t12-/m1/s1. The molecule has 1 fully saturated rings. The molecule has 0 saturated carbocycles. The minimum absolute atomic E-state index is 0.448. The van der Waals surface area contributed by atoms with E-state index in [1.165, 1.54) is 18.4 Å². The molecule has 1 saturated heterocycles. The maximum Gasteiger partial charge on any atom is 0.0469 e. The zero-order valence-electron chi connectivity index (χ0n) is 9.99. The molecule has 1 aromatic carbocycles. The van der Waals surface area contributed by atoms with Crippen LogP contribution in [0.25, 0.3) is 0 Å². The summed E-state index contributed by atoms with van der Waals surface area (Å²) < 4.78 is 5.36. The van der Waals surface area contributed by atoms with Gasteiger partial charge in [0.05, 0.1) is 0 Å². The van der Waals surface area contributed by atoms with E-state index < -0.39 is 0 Å². The van der Waals surface area contributed by atoms with Crippen LogP contribution in [0.2, 0.25) is 0 Å². The summed E-state index contributed by atoms with van der Waals surface area (Å²) in [5.74, 6) is 0.792. The Bertz CT molecular complexity index is 293. The maximum atomic E-state index is 5.36. The monoisotopic (exact) mass is 219 g/mol. The van der Waals surface area contributed by atoms with E-state index in [0.717, 1.165) is 25.7 Å². The predicted octanol–water partition coefficient (Wildman–Crippen LogP) is 2.76. The van der Waals surface area contributed by atoms with Crippen LogP contribution in [0.4, 0.5) is 0 Å². The molecule has 2 heteroatoms. The lowest BCUT2D eigenvalue weighted by atomic mass is 9.99. The van der Waals surface area contributed by atoms with Crippen molar-refractivity contribution in [2.24, 2.45) is 5.92 Å². The van der Waals surface area contributed by atoms with E-state index >= 15 is 0 Å². The summed E-state index contributed by atoms with van der Waals surface area (Å²) in [6.45, 7) is 5.21. The van der Waals surface area contributed by atoms with Gasteiger partial charge in [-0.3, -0.25) is 0 Å². The van der Waals surface area contributed by atoms with Crippen molar-refractivity contribution in [1.29, 1.82) is 0 Å². The highest BCUT2D eigenvalue weighted by Crippen LogP contribution is 2.16. The summed E-state index contributed by atoms with van der Waals surface area (Å²) in [5.41, 5.74) is 1.37. The lowest BCUT2D eigenvalue weighted by Gasteiger charge is -2.24. The van der Waals surface area contributed by atoms with Crippen molar-refractivity contribution in [3.05, 3.63) is 35.9 Å². The first-order valence-corrected chi connectivity index (χ1v) is 6.22. The van der Waals surface area contributed by atoms with Crippen molar-refractivity contribution in [1.82, 2.24) is 5.32 Å². The van der Waals surface area contributed by atoms with E-state index in [1.54, 1.807) is 0 Å². The smallest absolute Gasteiger partial charge is 0.0469 e. The Morgan fingerprint density at radius 1 is 1.25 bits per heavy atom. The van der Waals surface area contributed by atoms with Crippen LogP contribution in [0.5, 0.6) is 0 Å². The molecule has 0 unspecified atom stereocenters. The molecule has 0 radical (unpaired) electrons. The van der Waals surface area contributed by atoms with Crippen LogP contribution in [0, 0.1) is 5.92 Å². The van der Waals surface area contributed by atoms with E-state index in [1.807, 2.05) is 0 Å². The Morgan fingerprint density at radius 2 is 1.94 bits per heavy atom. The molecule has 1 atom stereocenters. The molecule has 1 aromatic rings. The van der Waals surface area contributed by atoms with Crippen molar-refractivity contribution in [3.63, 3.8) is 0 Å². The van der Waals surface area contributed by atoms with Crippen molar-refractivity contribution in [3.8, 4) is 0 Å². The van der Waals surface area contributed by atoms with Crippen LogP contribution in [-0.2, 0) is 4.74 Å². The van der Waals surface area contributed by atoms with Gasteiger partial charge in [0, 0.05) is 19.3 Å². The zero-order chi connectivity index (χ0) is 11.2. The Morgan fingerprint density at radius 3 is 2.62 bits per heavy atom. The molecule has 0 bridgehead atoms. The van der Waals surface area contributed by atoms with Gasteiger partial charge in [-0.25, -0.2) is 0 Å². The van der Waals surface area contributed by atoms with Gasteiger partial charge in [-0.2, -0.15) is 0 Å². The molecule has 16 heavy (non-hydrogen) atoms. The second-order valence-corrected chi connectivity index (χ2v) is 4.60. The normalized spacial score (nSPS) is 19.6. The quantitative estimate of drug-likeness (QED) is 0.840. The highest BCUT2D eigenvalue weighted by Gasteiger charge is 2.14. The third-order valence-electron chi connectivity index (χ3n) is 3.35. The Kier molecular flexibility index (Phi) is 4.37. The number of benzene rings is 1. The van der Waals surface area contributed by atoms with E-state index in [9.17, 15) is 0 Å². The number of nitrogens with one attached hydrogen (secondary N) is 1. The van der Waals surface area contributed by atoms with E-state index in [-0.39, 0.29) is 0 Å². The minimum atomic E-state index is 0.448. The molecular formula is C14H21NO. The second kappa shape index (κ2) is 6.02. The lowest BCUT2D eigenvalue weighted by molar-refractivity contribution is 0.0656. The van der Waals surface area contributed by atoms with Gasteiger partial charge in [-0.15, -0.1) is 0 Å². The Balaban J connectivity index is 1.77. The molecule has 1 aliphatic heterocycles. The van der Waals surface area contributed by atoms with Crippen LogP contribution >= 0.6 is 0 Å². The fourth-order valence-corrected chi connectivity index (χ4v) is 2.15. The summed E-state index contributed by atoms with van der Waals surface area (Å²) in [7, 11) is 0. The molecule has 0 spiro atoms. The highest BCUT2D eigenvalue weighted by atomic mass is 16.5. The van der Waals surface area contributed by atoms with E-state index in [2.05, 4.69) is 42.6 Å². The third-order valence-corrected chi connectivity index (χ3v) is 3.35. The average Bonchev–Trinajstić information content (AvgIpc) is 2.38. The summed E-state index contributed by atoms with van der Waals surface area (Å²) in [6.07, 6.45) is 2.41. The first kappa shape index (κ1) is 11.6. The molecule has 0 amide bonds. The lowest BCUT2D eigenvalue weighted by Crippen LogP contribution is -2.29. The number of hydrogen-bond acceptors (Lipinski definition) is 2. The third kappa shape index (κ3) is 3.32. The van der Waals surface area contributed by atoms with Crippen LogP contribution < -0.4 is 5.32 Å². The van der Waals surface area contributed by atoms with Gasteiger partial charge in [-0.1, -0.05) is 30.3 Å². The van der Waals surface area contributed by atoms with Gasteiger partial charge in [0.2, 0.25) is 0 Å². The topological polar surface area (TPSA) is 21.3 Å². The summed E-state index contributed by atoms with van der Waals surface area (Å²) in [5, 5.41) is 3.61.